The minimum absolute atomic E-state index is 0.271. The van der Waals surface area contributed by atoms with Crippen LogP contribution in [0.2, 0.25) is 0 Å². The number of carbonyl (C=O) groups excluding carboxylic acids is 1. The van der Waals surface area contributed by atoms with Crippen LogP contribution in [0.4, 0.5) is 4.39 Å². The fraction of sp³-hybridized carbons (Fsp3) is 0.346. The number of aliphatic hydroxyl groups is 3. The highest BCUT2D eigenvalue weighted by molar-refractivity contribution is 7.15. The van der Waals surface area contributed by atoms with E-state index in [0.29, 0.717) is 12.0 Å². The molecule has 0 spiro atoms. The maximum atomic E-state index is 13.2. The van der Waals surface area contributed by atoms with E-state index in [1.54, 1.807) is 23.5 Å². The van der Waals surface area contributed by atoms with Crippen LogP contribution in [0.3, 0.4) is 0 Å². The van der Waals surface area contributed by atoms with Crippen molar-refractivity contribution in [3.05, 3.63) is 82.0 Å². The molecule has 0 saturated carbocycles. The average molecular weight is 487 g/mol. The van der Waals surface area contributed by atoms with Gasteiger partial charge in [-0.1, -0.05) is 30.3 Å². The zero-order valence-electron chi connectivity index (χ0n) is 18.8. The van der Waals surface area contributed by atoms with Crippen molar-refractivity contribution >= 4 is 17.3 Å². The molecule has 1 aliphatic heterocycles. The first-order valence-corrected chi connectivity index (χ1v) is 11.8. The molecular weight excluding hydrogens is 459 g/mol. The Labute approximate surface area is 201 Å². The maximum Gasteiger partial charge on any atom is 0.303 e. The predicted molar refractivity (Wildman–Crippen MR) is 126 cm³/mol. The number of thiophene rings is 1. The molecular formula is C26H27FO6S. The van der Waals surface area contributed by atoms with E-state index in [1.165, 1.54) is 19.1 Å². The van der Waals surface area contributed by atoms with Gasteiger partial charge in [-0.05, 0) is 53.4 Å². The van der Waals surface area contributed by atoms with Crippen LogP contribution >= 0.6 is 11.3 Å². The molecule has 3 N–H and O–H groups in total. The topological polar surface area (TPSA) is 96.2 Å². The van der Waals surface area contributed by atoms with E-state index < -0.39 is 43.1 Å². The summed E-state index contributed by atoms with van der Waals surface area (Å²) in [5.74, 6) is -0.904. The number of hydrogen-bond donors (Lipinski definition) is 3. The monoisotopic (exact) mass is 486 g/mol. The van der Waals surface area contributed by atoms with Gasteiger partial charge in [-0.3, -0.25) is 4.79 Å². The van der Waals surface area contributed by atoms with E-state index >= 15 is 0 Å². The fourth-order valence-corrected chi connectivity index (χ4v) is 5.22. The van der Waals surface area contributed by atoms with Gasteiger partial charge in [-0.25, -0.2) is 4.39 Å². The van der Waals surface area contributed by atoms with E-state index in [1.807, 2.05) is 37.3 Å². The van der Waals surface area contributed by atoms with E-state index in [4.69, 9.17) is 9.47 Å². The molecule has 1 aromatic heterocycles. The molecule has 2 aromatic carbocycles. The quantitative estimate of drug-likeness (QED) is 0.462. The molecule has 0 bridgehead atoms. The molecule has 1 saturated heterocycles. The van der Waals surface area contributed by atoms with Gasteiger partial charge in [0, 0.05) is 23.1 Å². The number of rotatable bonds is 6. The number of benzene rings is 2. The summed E-state index contributed by atoms with van der Waals surface area (Å²) < 4.78 is 24.2. The standard InChI is InChI=1S/C26H27FO6S/c1-14-3-4-17(25-23(30)24(31)26(32-15(2)29)21(13-28)33-25)11-18(14)12-20-9-10-22(34-20)16-5-7-19(27)8-6-16/h3-11,21,23-26,28,30-31H,12-13H2,1-2H3/t21-,23-,24-,25+,26-/m1/s1. The molecule has 2 heterocycles. The Morgan fingerprint density at radius 2 is 1.82 bits per heavy atom. The molecule has 3 aromatic rings. The molecule has 8 heteroatoms. The van der Waals surface area contributed by atoms with Crippen LogP contribution in [-0.4, -0.2) is 52.3 Å². The minimum atomic E-state index is -1.40. The number of carbonyl (C=O) groups is 1. The summed E-state index contributed by atoms with van der Waals surface area (Å²) in [7, 11) is 0. The highest BCUT2D eigenvalue weighted by atomic mass is 32.1. The normalized spacial score (nSPS) is 24.7. The first-order chi connectivity index (χ1) is 16.3. The van der Waals surface area contributed by atoms with Gasteiger partial charge in [0.25, 0.3) is 0 Å². The Bertz CT molecular complexity index is 1140. The van der Waals surface area contributed by atoms with E-state index in [9.17, 15) is 24.5 Å². The van der Waals surface area contributed by atoms with Gasteiger partial charge in [0.15, 0.2) is 6.10 Å². The first kappa shape index (κ1) is 24.5. The van der Waals surface area contributed by atoms with Crippen LogP contribution in [0.5, 0.6) is 0 Å². The molecule has 5 atom stereocenters. The number of aliphatic hydroxyl groups excluding tert-OH is 3. The summed E-state index contributed by atoms with van der Waals surface area (Å²) in [6.07, 6.45) is -5.11. The second-order valence-electron chi connectivity index (χ2n) is 8.47. The van der Waals surface area contributed by atoms with Crippen molar-refractivity contribution in [2.45, 2.75) is 50.8 Å². The smallest absolute Gasteiger partial charge is 0.303 e. The van der Waals surface area contributed by atoms with Crippen molar-refractivity contribution in [3.8, 4) is 10.4 Å². The van der Waals surface area contributed by atoms with Crippen molar-refractivity contribution in [1.29, 1.82) is 0 Å². The largest absolute Gasteiger partial charge is 0.457 e. The van der Waals surface area contributed by atoms with Crippen LogP contribution in [0, 0.1) is 12.7 Å². The predicted octanol–water partition coefficient (Wildman–Crippen LogP) is 3.54. The lowest BCUT2D eigenvalue weighted by Gasteiger charge is -2.41. The molecule has 0 amide bonds. The van der Waals surface area contributed by atoms with Gasteiger partial charge in [0.05, 0.1) is 6.61 Å². The number of esters is 1. The molecule has 4 rings (SSSR count). The summed E-state index contributed by atoms with van der Waals surface area (Å²) in [5, 5.41) is 31.0. The molecule has 0 unspecified atom stereocenters. The average Bonchev–Trinajstić information content (AvgIpc) is 3.27. The number of ether oxygens (including phenoxy) is 2. The zero-order valence-corrected chi connectivity index (χ0v) is 19.7. The van der Waals surface area contributed by atoms with Crippen LogP contribution in [0.25, 0.3) is 10.4 Å². The lowest BCUT2D eigenvalue weighted by Crippen LogP contribution is -2.56. The highest BCUT2D eigenvalue weighted by Gasteiger charge is 2.46. The molecule has 1 aliphatic rings. The number of halogens is 1. The lowest BCUT2D eigenvalue weighted by atomic mass is 9.89. The third-order valence-corrected chi connectivity index (χ3v) is 7.16. The summed E-state index contributed by atoms with van der Waals surface area (Å²) in [6, 6.07) is 16.1. The Balaban J connectivity index is 1.55. The van der Waals surface area contributed by atoms with Crippen molar-refractivity contribution in [3.63, 3.8) is 0 Å². The third kappa shape index (κ3) is 5.21. The lowest BCUT2D eigenvalue weighted by molar-refractivity contribution is -0.240. The van der Waals surface area contributed by atoms with Crippen molar-refractivity contribution in [2.24, 2.45) is 0 Å². The molecule has 1 fully saturated rings. The Morgan fingerprint density at radius 1 is 1.09 bits per heavy atom. The molecule has 0 radical (unpaired) electrons. The van der Waals surface area contributed by atoms with Crippen molar-refractivity contribution in [1.82, 2.24) is 0 Å². The highest BCUT2D eigenvalue weighted by Crippen LogP contribution is 2.35. The molecule has 34 heavy (non-hydrogen) atoms. The Hall–Kier alpha value is -2.62. The summed E-state index contributed by atoms with van der Waals surface area (Å²) in [5.41, 5.74) is 3.69. The zero-order chi connectivity index (χ0) is 24.4. The Morgan fingerprint density at radius 3 is 2.50 bits per heavy atom. The van der Waals surface area contributed by atoms with Gasteiger partial charge in [0.1, 0.15) is 30.2 Å². The molecule has 0 aliphatic carbocycles. The van der Waals surface area contributed by atoms with Gasteiger partial charge in [0.2, 0.25) is 0 Å². The van der Waals surface area contributed by atoms with Gasteiger partial charge >= 0.3 is 5.97 Å². The van der Waals surface area contributed by atoms with Crippen LogP contribution in [-0.2, 0) is 20.7 Å². The van der Waals surface area contributed by atoms with Crippen molar-refractivity contribution < 1.29 is 34.0 Å². The fourth-order valence-electron chi connectivity index (χ4n) is 4.19. The number of hydrogen-bond acceptors (Lipinski definition) is 7. The van der Waals surface area contributed by atoms with E-state index in [-0.39, 0.29) is 5.82 Å². The van der Waals surface area contributed by atoms with E-state index in [0.717, 1.165) is 26.4 Å². The SMILES string of the molecule is CC(=O)O[C@H]1[C@H](O)[C@@H](O)[C@H](c2ccc(C)c(Cc3ccc(-c4ccc(F)cc4)s3)c2)O[C@@H]1CO. The van der Waals surface area contributed by atoms with Gasteiger partial charge in [-0.2, -0.15) is 0 Å². The van der Waals surface area contributed by atoms with Crippen LogP contribution < -0.4 is 0 Å². The maximum absolute atomic E-state index is 13.2. The molecule has 180 valence electrons. The first-order valence-electron chi connectivity index (χ1n) is 11.0. The Kier molecular flexibility index (Phi) is 7.45. The van der Waals surface area contributed by atoms with Gasteiger partial charge in [-0.15, -0.1) is 11.3 Å². The summed E-state index contributed by atoms with van der Waals surface area (Å²) in [4.78, 5) is 13.5. The van der Waals surface area contributed by atoms with Crippen LogP contribution in [0.1, 0.15) is 34.6 Å². The third-order valence-electron chi connectivity index (χ3n) is 6.02. The van der Waals surface area contributed by atoms with Crippen LogP contribution in [0.15, 0.2) is 54.6 Å². The van der Waals surface area contributed by atoms with Crippen molar-refractivity contribution in [2.75, 3.05) is 6.61 Å². The summed E-state index contributed by atoms with van der Waals surface area (Å²) in [6.45, 7) is 2.71. The van der Waals surface area contributed by atoms with E-state index in [2.05, 4.69) is 0 Å². The molecule has 6 nitrogen and oxygen atoms in total. The second kappa shape index (κ2) is 10.3. The van der Waals surface area contributed by atoms with Gasteiger partial charge < -0.3 is 24.8 Å². The minimum Gasteiger partial charge on any atom is -0.457 e. The number of aryl methyl sites for hydroxylation is 1. The summed E-state index contributed by atoms with van der Waals surface area (Å²) >= 11 is 1.62. The second-order valence-corrected chi connectivity index (χ2v) is 9.64.